The van der Waals surface area contributed by atoms with Crippen LogP contribution in [-0.2, 0) is 0 Å². The van der Waals surface area contributed by atoms with Crippen LogP contribution >= 0.6 is 0 Å². The van der Waals surface area contributed by atoms with Gasteiger partial charge in [-0.15, -0.1) is 0 Å². The summed E-state index contributed by atoms with van der Waals surface area (Å²) in [4.78, 5) is 18.0. The van der Waals surface area contributed by atoms with E-state index in [1.54, 1.807) is 41.4 Å². The molecular formula is C18H18N4O4. The Kier molecular flexibility index (Phi) is 5.08. The molecule has 0 aliphatic carbocycles. The van der Waals surface area contributed by atoms with E-state index < -0.39 is 0 Å². The van der Waals surface area contributed by atoms with Crippen LogP contribution in [0.2, 0.25) is 0 Å². The van der Waals surface area contributed by atoms with Crippen molar-refractivity contribution in [2.75, 3.05) is 32.6 Å². The molecule has 2 amide bonds. The number of anilines is 1. The lowest BCUT2D eigenvalue weighted by molar-refractivity contribution is 0.0458. The van der Waals surface area contributed by atoms with Gasteiger partial charge in [-0.05, 0) is 24.3 Å². The van der Waals surface area contributed by atoms with Gasteiger partial charge in [-0.2, -0.15) is 5.26 Å². The third-order valence-corrected chi connectivity index (χ3v) is 3.95. The molecule has 1 aliphatic rings. The number of para-hydroxylation sites is 1. The number of urea groups is 1. The molecule has 1 fully saturated rings. The lowest BCUT2D eigenvalue weighted by Gasteiger charge is -2.38. The highest BCUT2D eigenvalue weighted by Gasteiger charge is 2.33. The van der Waals surface area contributed by atoms with Crippen molar-refractivity contribution in [1.82, 2.24) is 9.88 Å². The van der Waals surface area contributed by atoms with Crippen LogP contribution in [0.1, 0.15) is 5.56 Å². The fourth-order valence-corrected chi connectivity index (χ4v) is 2.59. The Labute approximate surface area is 150 Å². The number of rotatable bonds is 5. The number of hydrogen-bond acceptors (Lipinski definition) is 6. The lowest BCUT2D eigenvalue weighted by Crippen LogP contribution is -2.57. The summed E-state index contributed by atoms with van der Waals surface area (Å²) in [5.41, 5.74) is 0.897. The fraction of sp³-hybridized carbons (Fsp3) is 0.278. The molecule has 0 saturated carbocycles. The summed E-state index contributed by atoms with van der Waals surface area (Å²) in [6.45, 7) is 0.805. The van der Waals surface area contributed by atoms with Gasteiger partial charge in [0.05, 0.1) is 33.0 Å². The molecule has 8 nitrogen and oxygen atoms in total. The minimum atomic E-state index is -0.266. The second kappa shape index (κ2) is 7.61. The molecule has 2 aromatic rings. The Morgan fingerprint density at radius 1 is 1.27 bits per heavy atom. The first kappa shape index (κ1) is 17.4. The second-order valence-electron chi connectivity index (χ2n) is 5.58. The minimum absolute atomic E-state index is 0.199. The van der Waals surface area contributed by atoms with Crippen LogP contribution in [0.15, 0.2) is 36.5 Å². The minimum Gasteiger partial charge on any atom is -0.493 e. The molecule has 0 bridgehead atoms. The average molecular weight is 354 g/mol. The van der Waals surface area contributed by atoms with E-state index in [1.807, 2.05) is 6.07 Å². The van der Waals surface area contributed by atoms with Gasteiger partial charge in [-0.1, -0.05) is 6.07 Å². The maximum atomic E-state index is 12.4. The van der Waals surface area contributed by atoms with E-state index in [-0.39, 0.29) is 18.0 Å². The first-order chi connectivity index (χ1) is 12.7. The zero-order valence-corrected chi connectivity index (χ0v) is 14.4. The number of carbonyl (C=O) groups is 1. The number of methoxy groups -OCH3 is 2. The van der Waals surface area contributed by atoms with Crippen molar-refractivity contribution in [2.24, 2.45) is 0 Å². The maximum Gasteiger partial charge on any atom is 0.322 e. The zero-order chi connectivity index (χ0) is 18.5. The van der Waals surface area contributed by atoms with Gasteiger partial charge >= 0.3 is 6.03 Å². The monoisotopic (exact) mass is 354 g/mol. The van der Waals surface area contributed by atoms with E-state index in [0.717, 1.165) is 0 Å². The molecule has 1 aromatic heterocycles. The van der Waals surface area contributed by atoms with Crippen LogP contribution in [0.3, 0.4) is 0 Å². The third-order valence-electron chi connectivity index (χ3n) is 3.95. The summed E-state index contributed by atoms with van der Waals surface area (Å²) in [6, 6.07) is 10.3. The molecule has 1 saturated heterocycles. The number of pyridine rings is 1. The molecule has 0 spiro atoms. The molecule has 0 radical (unpaired) electrons. The standard InChI is InChI=1S/C18H18N4O4/c1-24-15-7-3-6-14(16(15)25-2)21-18(23)22-10-13(11-22)26-17-12(9-19)5-4-8-20-17/h3-8,13H,10-11H2,1-2H3,(H,21,23). The molecule has 8 heteroatoms. The van der Waals surface area contributed by atoms with Crippen LogP contribution in [0, 0.1) is 11.3 Å². The Balaban J connectivity index is 1.58. The van der Waals surface area contributed by atoms with Gasteiger partial charge in [0.15, 0.2) is 11.5 Å². The predicted molar refractivity (Wildman–Crippen MR) is 93.5 cm³/mol. The summed E-state index contributed by atoms with van der Waals surface area (Å²) in [5, 5.41) is 11.9. The molecular weight excluding hydrogens is 336 g/mol. The smallest absolute Gasteiger partial charge is 0.322 e. The molecule has 3 rings (SSSR count). The van der Waals surface area contributed by atoms with Crippen LogP contribution in [0.5, 0.6) is 17.4 Å². The third kappa shape index (κ3) is 3.47. The SMILES string of the molecule is COc1cccc(NC(=O)N2CC(Oc3ncccc3C#N)C2)c1OC. The van der Waals surface area contributed by atoms with Gasteiger partial charge in [-0.3, -0.25) is 0 Å². The number of amides is 2. The lowest BCUT2D eigenvalue weighted by atomic mass is 10.2. The quantitative estimate of drug-likeness (QED) is 0.885. The largest absolute Gasteiger partial charge is 0.493 e. The number of likely N-dealkylation sites (tertiary alicyclic amines) is 1. The Morgan fingerprint density at radius 2 is 2.08 bits per heavy atom. The molecule has 1 aromatic carbocycles. The second-order valence-corrected chi connectivity index (χ2v) is 5.58. The molecule has 1 aliphatic heterocycles. The van der Waals surface area contributed by atoms with Crippen molar-refractivity contribution in [2.45, 2.75) is 6.10 Å². The molecule has 0 unspecified atom stereocenters. The van der Waals surface area contributed by atoms with Gasteiger partial charge in [0.25, 0.3) is 0 Å². The van der Waals surface area contributed by atoms with Crippen LogP contribution in [0.25, 0.3) is 0 Å². The van der Waals surface area contributed by atoms with E-state index in [2.05, 4.69) is 10.3 Å². The summed E-state index contributed by atoms with van der Waals surface area (Å²) in [5.74, 6) is 1.28. The molecule has 2 heterocycles. The van der Waals surface area contributed by atoms with Crippen molar-refractivity contribution < 1.29 is 19.0 Å². The Hall–Kier alpha value is -3.47. The van der Waals surface area contributed by atoms with Crippen LogP contribution in [-0.4, -0.2) is 49.3 Å². The molecule has 0 atom stereocenters. The topological polar surface area (TPSA) is 96.7 Å². The highest BCUT2D eigenvalue weighted by Crippen LogP contribution is 2.35. The van der Waals surface area contributed by atoms with E-state index >= 15 is 0 Å². The number of benzene rings is 1. The van der Waals surface area contributed by atoms with Crippen molar-refractivity contribution in [1.29, 1.82) is 5.26 Å². The van der Waals surface area contributed by atoms with Crippen LogP contribution < -0.4 is 19.5 Å². The van der Waals surface area contributed by atoms with Crippen molar-refractivity contribution >= 4 is 11.7 Å². The van der Waals surface area contributed by atoms with Gasteiger partial charge in [0.1, 0.15) is 17.7 Å². The van der Waals surface area contributed by atoms with Gasteiger partial charge < -0.3 is 24.4 Å². The maximum absolute atomic E-state index is 12.4. The molecule has 26 heavy (non-hydrogen) atoms. The Bertz CT molecular complexity index is 843. The van der Waals surface area contributed by atoms with E-state index in [9.17, 15) is 4.79 Å². The van der Waals surface area contributed by atoms with Crippen LogP contribution in [0.4, 0.5) is 10.5 Å². The van der Waals surface area contributed by atoms with E-state index in [4.69, 9.17) is 19.5 Å². The number of ether oxygens (including phenoxy) is 3. The predicted octanol–water partition coefficient (Wildman–Crippen LogP) is 2.27. The highest BCUT2D eigenvalue weighted by atomic mass is 16.5. The summed E-state index contributed by atoms with van der Waals surface area (Å²) in [7, 11) is 3.05. The van der Waals surface area contributed by atoms with E-state index in [0.29, 0.717) is 35.8 Å². The number of hydrogen-bond donors (Lipinski definition) is 1. The van der Waals surface area contributed by atoms with Gasteiger partial charge in [0.2, 0.25) is 5.88 Å². The normalized spacial score (nSPS) is 13.3. The van der Waals surface area contributed by atoms with Crippen molar-refractivity contribution in [3.8, 4) is 23.4 Å². The van der Waals surface area contributed by atoms with Gasteiger partial charge in [0, 0.05) is 6.20 Å². The van der Waals surface area contributed by atoms with Crippen molar-refractivity contribution in [3.63, 3.8) is 0 Å². The number of carbonyl (C=O) groups excluding carboxylic acids is 1. The number of nitriles is 1. The fourth-order valence-electron chi connectivity index (χ4n) is 2.59. The molecule has 1 N–H and O–H groups in total. The number of nitrogens with zero attached hydrogens (tertiary/aromatic N) is 3. The van der Waals surface area contributed by atoms with Gasteiger partial charge in [-0.25, -0.2) is 9.78 Å². The first-order valence-corrected chi connectivity index (χ1v) is 7.95. The van der Waals surface area contributed by atoms with Crippen molar-refractivity contribution in [3.05, 3.63) is 42.1 Å². The summed E-state index contributed by atoms with van der Waals surface area (Å²) in [6.07, 6.45) is 1.36. The Morgan fingerprint density at radius 3 is 2.77 bits per heavy atom. The summed E-state index contributed by atoms with van der Waals surface area (Å²) < 4.78 is 16.2. The summed E-state index contributed by atoms with van der Waals surface area (Å²) >= 11 is 0. The zero-order valence-electron chi connectivity index (χ0n) is 14.4. The molecule has 134 valence electrons. The number of aromatic nitrogens is 1. The van der Waals surface area contributed by atoms with E-state index in [1.165, 1.54) is 14.2 Å². The average Bonchev–Trinajstić information content (AvgIpc) is 2.64. The highest BCUT2D eigenvalue weighted by molar-refractivity contribution is 5.92. The number of nitrogens with one attached hydrogen (secondary N) is 1. The first-order valence-electron chi connectivity index (χ1n) is 7.95.